The van der Waals surface area contributed by atoms with Gasteiger partial charge in [0.1, 0.15) is 0 Å². The summed E-state index contributed by atoms with van der Waals surface area (Å²) in [5, 5.41) is 13.9. The van der Waals surface area contributed by atoms with Gasteiger partial charge in [-0.1, -0.05) is 6.08 Å². The Balaban J connectivity index is 0. The summed E-state index contributed by atoms with van der Waals surface area (Å²) < 4.78 is 0. The number of hydrogen-bond acceptors (Lipinski definition) is 1. The second-order valence-electron chi connectivity index (χ2n) is 0.726. The highest BCUT2D eigenvalue weighted by Crippen LogP contribution is 1.67. The van der Waals surface area contributed by atoms with E-state index in [1.807, 2.05) is 0 Å². The Morgan fingerprint density at radius 1 is 1.75 bits per heavy atom. The first kappa shape index (κ1) is 10.3. The highest BCUT2D eigenvalue weighted by atomic mass is 35.5. The predicted molar refractivity (Wildman–Crippen MR) is 31.6 cm³/mol. The van der Waals surface area contributed by atoms with E-state index in [9.17, 15) is 0 Å². The molecule has 0 atom stereocenters. The molecule has 0 rings (SSSR count). The van der Waals surface area contributed by atoms with Crippen molar-refractivity contribution in [3.8, 4) is 0 Å². The molecule has 0 aliphatic heterocycles. The van der Waals surface area contributed by atoms with Crippen LogP contribution in [-0.2, 0) is 0 Å². The fourth-order valence-corrected chi connectivity index (χ4v) is 0. The fourth-order valence-electron chi connectivity index (χ4n) is 0. The normalized spacial score (nSPS) is 6.12. The molecule has 0 aliphatic carbocycles. The highest BCUT2D eigenvalue weighted by molar-refractivity contribution is 6.18. The van der Waals surface area contributed by atoms with E-state index in [1.54, 1.807) is 6.08 Å². The molecule has 0 fully saturated rings. The van der Waals surface area contributed by atoms with Gasteiger partial charge in [-0.05, 0) is 0 Å². The molecule has 2 N–H and O–H groups in total. The van der Waals surface area contributed by atoms with Gasteiger partial charge in [0.2, 0.25) is 0 Å². The van der Waals surface area contributed by atoms with Gasteiger partial charge in [0.25, 0.3) is 0 Å². The van der Waals surface area contributed by atoms with Gasteiger partial charge in [-0.3, -0.25) is 0 Å². The van der Waals surface area contributed by atoms with Crippen molar-refractivity contribution in [3.63, 3.8) is 0 Å². The van der Waals surface area contributed by atoms with Crippen molar-refractivity contribution in [2.24, 2.45) is 0 Å². The van der Waals surface area contributed by atoms with Gasteiger partial charge in [0.15, 0.2) is 0 Å². The first-order chi connectivity index (χ1) is 3.65. The molecule has 0 aromatic rings. The van der Waals surface area contributed by atoms with Gasteiger partial charge in [0, 0.05) is 5.88 Å². The molecule has 0 spiro atoms. The first-order valence-corrected chi connectivity index (χ1v) is 2.27. The van der Waals surface area contributed by atoms with Crippen molar-refractivity contribution >= 4 is 17.8 Å². The third-order valence-electron chi connectivity index (χ3n) is 0.109. The number of halogens is 1. The fraction of sp³-hybridized carbons (Fsp3) is 0.250. The lowest BCUT2D eigenvalue weighted by Crippen LogP contribution is -1.81. The van der Waals surface area contributed by atoms with Crippen molar-refractivity contribution in [2.45, 2.75) is 0 Å². The van der Waals surface area contributed by atoms with Gasteiger partial charge in [-0.15, -0.1) is 18.2 Å². The van der Waals surface area contributed by atoms with Crippen molar-refractivity contribution in [2.75, 3.05) is 5.88 Å². The summed E-state index contributed by atoms with van der Waals surface area (Å²) >= 11 is 5.07. The van der Waals surface area contributed by atoms with Crippen LogP contribution in [0.5, 0.6) is 0 Å². The average molecular weight is 139 g/mol. The van der Waals surface area contributed by atoms with E-state index in [0.717, 1.165) is 0 Å². The molecule has 0 radical (unpaired) electrons. The minimum Gasteiger partial charge on any atom is -0.450 e. The van der Waals surface area contributed by atoms with Crippen LogP contribution in [0.4, 0.5) is 4.79 Å². The van der Waals surface area contributed by atoms with Crippen LogP contribution in [0.2, 0.25) is 0 Å². The summed E-state index contributed by atoms with van der Waals surface area (Å²) in [7, 11) is 0. The van der Waals surface area contributed by atoms with E-state index < -0.39 is 6.16 Å². The Bertz CT molecular complexity index is 67.7. The minimum atomic E-state index is -1.83. The van der Waals surface area contributed by atoms with Crippen LogP contribution in [0.25, 0.3) is 0 Å². The van der Waals surface area contributed by atoms with E-state index >= 15 is 0 Å². The minimum absolute atomic E-state index is 0.556. The number of hydrogen-bond donors (Lipinski definition) is 2. The quantitative estimate of drug-likeness (QED) is 0.428. The van der Waals surface area contributed by atoms with Gasteiger partial charge >= 0.3 is 6.16 Å². The summed E-state index contributed by atoms with van der Waals surface area (Å²) in [4.78, 5) is 8.56. The van der Waals surface area contributed by atoms with E-state index in [4.69, 9.17) is 26.6 Å². The molecule has 0 heterocycles. The first-order valence-electron chi connectivity index (χ1n) is 1.74. The van der Waals surface area contributed by atoms with E-state index in [2.05, 4.69) is 6.58 Å². The smallest absolute Gasteiger partial charge is 0.450 e. The maximum Gasteiger partial charge on any atom is 0.503 e. The molecule has 0 amide bonds. The molecule has 0 saturated heterocycles. The van der Waals surface area contributed by atoms with Crippen molar-refractivity contribution < 1.29 is 15.0 Å². The van der Waals surface area contributed by atoms with Crippen LogP contribution in [-0.4, -0.2) is 22.2 Å². The lowest BCUT2D eigenvalue weighted by Gasteiger charge is -1.60. The van der Waals surface area contributed by atoms with Gasteiger partial charge in [-0.25, -0.2) is 4.79 Å². The molecule has 0 unspecified atom stereocenters. The van der Waals surface area contributed by atoms with E-state index in [1.165, 1.54) is 0 Å². The standard InChI is InChI=1S/C3H5Cl.CH2O3/c1-2-3-4;2-1(3)4/h2H,1,3H2;(H2,2,3,4). The van der Waals surface area contributed by atoms with E-state index in [-0.39, 0.29) is 0 Å². The third-order valence-corrected chi connectivity index (χ3v) is 0.327. The lowest BCUT2D eigenvalue weighted by molar-refractivity contribution is 0.137. The summed E-state index contributed by atoms with van der Waals surface area (Å²) in [5.74, 6) is 0.556. The van der Waals surface area contributed by atoms with Crippen molar-refractivity contribution in [3.05, 3.63) is 12.7 Å². The van der Waals surface area contributed by atoms with Gasteiger partial charge in [-0.2, -0.15) is 0 Å². The van der Waals surface area contributed by atoms with Crippen LogP contribution < -0.4 is 0 Å². The lowest BCUT2D eigenvalue weighted by atomic mass is 10.8. The largest absolute Gasteiger partial charge is 0.503 e. The summed E-state index contributed by atoms with van der Waals surface area (Å²) in [5.41, 5.74) is 0. The van der Waals surface area contributed by atoms with Crippen LogP contribution in [0, 0.1) is 0 Å². The number of carboxylic acid groups (broad SMARTS) is 2. The summed E-state index contributed by atoms with van der Waals surface area (Å²) in [6.07, 6.45) is -0.193. The monoisotopic (exact) mass is 138 g/mol. The molecule has 0 aliphatic rings. The number of rotatable bonds is 1. The third kappa shape index (κ3) is 1090. The Morgan fingerprint density at radius 3 is 1.88 bits per heavy atom. The molecule has 4 heteroatoms. The number of allylic oxidation sites excluding steroid dienone is 1. The van der Waals surface area contributed by atoms with E-state index in [0.29, 0.717) is 5.88 Å². The van der Waals surface area contributed by atoms with Crippen molar-refractivity contribution in [1.82, 2.24) is 0 Å². The summed E-state index contributed by atoms with van der Waals surface area (Å²) in [6.45, 7) is 3.35. The predicted octanol–water partition coefficient (Wildman–Crippen LogP) is 1.63. The Hall–Kier alpha value is -0.700. The number of carbonyl (C=O) groups is 1. The average Bonchev–Trinajstić information content (AvgIpc) is 1.65. The molecule has 48 valence electrons. The second-order valence-corrected chi connectivity index (χ2v) is 1.03. The van der Waals surface area contributed by atoms with Crippen LogP contribution in [0.1, 0.15) is 0 Å². The zero-order valence-corrected chi connectivity index (χ0v) is 4.93. The van der Waals surface area contributed by atoms with Crippen LogP contribution in [0.15, 0.2) is 12.7 Å². The second kappa shape index (κ2) is 9.57. The van der Waals surface area contributed by atoms with Crippen LogP contribution in [0.3, 0.4) is 0 Å². The van der Waals surface area contributed by atoms with Gasteiger partial charge < -0.3 is 10.2 Å². The maximum absolute atomic E-state index is 8.56. The molecule has 0 bridgehead atoms. The molecular formula is C4H7ClO3. The SMILES string of the molecule is C=CCCl.O=C(O)O. The topological polar surface area (TPSA) is 57.5 Å². The Labute approximate surface area is 52.2 Å². The van der Waals surface area contributed by atoms with Gasteiger partial charge in [0.05, 0.1) is 0 Å². The molecule has 0 aromatic carbocycles. The molecule has 3 nitrogen and oxygen atoms in total. The Kier molecular flexibility index (Phi) is 12.3. The molecular weight excluding hydrogens is 131 g/mol. The highest BCUT2D eigenvalue weighted by Gasteiger charge is 1.70. The zero-order chi connectivity index (χ0) is 6.99. The summed E-state index contributed by atoms with van der Waals surface area (Å²) in [6, 6.07) is 0. The molecule has 0 aromatic heterocycles. The maximum atomic E-state index is 8.56. The molecule has 8 heavy (non-hydrogen) atoms. The van der Waals surface area contributed by atoms with Crippen molar-refractivity contribution in [1.29, 1.82) is 0 Å². The zero-order valence-electron chi connectivity index (χ0n) is 4.17. The Morgan fingerprint density at radius 2 is 1.88 bits per heavy atom. The number of alkyl halides is 1. The molecule has 0 saturated carbocycles. The van der Waals surface area contributed by atoms with Crippen LogP contribution >= 0.6 is 11.6 Å².